The Bertz CT molecular complexity index is 590. The standard InChI is InChI=1S/C21H37N7/c1-18-20-6-5-7-21(26-20)19(2)25-11-17-28(15-9-23)13-4-3-12-27(14-8-22)16-10-24-18/h5-7H,3-4,8-17,22-23H2,1-2H3. The molecule has 2 bridgehead atoms. The molecule has 0 atom stereocenters. The Balaban J connectivity index is 2.18. The van der Waals surface area contributed by atoms with E-state index < -0.39 is 0 Å². The van der Waals surface area contributed by atoms with Crippen LogP contribution in [0, 0.1) is 0 Å². The first-order chi connectivity index (χ1) is 13.6. The molecule has 0 aromatic carbocycles. The Labute approximate surface area is 169 Å². The Kier molecular flexibility index (Phi) is 10.3. The Morgan fingerprint density at radius 3 is 1.68 bits per heavy atom. The maximum Gasteiger partial charge on any atom is 0.0845 e. The molecular formula is C21H37N7. The molecule has 2 heterocycles. The zero-order chi connectivity index (χ0) is 20.2. The molecule has 1 aliphatic heterocycles. The van der Waals surface area contributed by atoms with E-state index in [0.29, 0.717) is 13.1 Å². The highest BCUT2D eigenvalue weighted by Gasteiger charge is 2.09. The Morgan fingerprint density at radius 2 is 1.25 bits per heavy atom. The predicted octanol–water partition coefficient (Wildman–Crippen LogP) is 1.01. The van der Waals surface area contributed by atoms with Crippen molar-refractivity contribution in [3.63, 3.8) is 0 Å². The van der Waals surface area contributed by atoms with E-state index in [1.807, 2.05) is 32.0 Å². The lowest BCUT2D eigenvalue weighted by Gasteiger charge is -2.23. The monoisotopic (exact) mass is 387 g/mol. The number of pyridine rings is 1. The van der Waals surface area contributed by atoms with Crippen LogP contribution in [0.3, 0.4) is 0 Å². The van der Waals surface area contributed by atoms with Crippen LogP contribution >= 0.6 is 0 Å². The summed E-state index contributed by atoms with van der Waals surface area (Å²) in [6, 6.07) is 6.07. The molecular weight excluding hydrogens is 350 g/mol. The highest BCUT2D eigenvalue weighted by molar-refractivity contribution is 6.00. The molecule has 7 heteroatoms. The van der Waals surface area contributed by atoms with Gasteiger partial charge in [0.1, 0.15) is 0 Å². The third kappa shape index (κ3) is 7.75. The van der Waals surface area contributed by atoms with Gasteiger partial charge in [-0.05, 0) is 51.9 Å². The molecule has 0 aliphatic carbocycles. The van der Waals surface area contributed by atoms with E-state index in [2.05, 4.69) is 9.80 Å². The van der Waals surface area contributed by atoms with Gasteiger partial charge >= 0.3 is 0 Å². The molecule has 0 saturated heterocycles. The number of rotatable bonds is 4. The third-order valence-electron chi connectivity index (χ3n) is 5.11. The van der Waals surface area contributed by atoms with E-state index >= 15 is 0 Å². The van der Waals surface area contributed by atoms with E-state index in [1.54, 1.807) is 0 Å². The molecule has 156 valence electrons. The topological polar surface area (TPSA) is 96.1 Å². The molecule has 0 radical (unpaired) electrons. The van der Waals surface area contributed by atoms with Gasteiger partial charge in [0.25, 0.3) is 0 Å². The van der Waals surface area contributed by atoms with Crippen molar-refractivity contribution < 1.29 is 0 Å². The van der Waals surface area contributed by atoms with Crippen molar-refractivity contribution >= 4 is 11.4 Å². The molecule has 1 aliphatic rings. The lowest BCUT2D eigenvalue weighted by molar-refractivity contribution is 0.253. The van der Waals surface area contributed by atoms with Crippen molar-refractivity contribution in [2.24, 2.45) is 21.5 Å². The lowest BCUT2D eigenvalue weighted by Crippen LogP contribution is -2.35. The number of hydrogen-bond acceptors (Lipinski definition) is 7. The van der Waals surface area contributed by atoms with Crippen LogP contribution in [-0.4, -0.2) is 91.7 Å². The van der Waals surface area contributed by atoms with Gasteiger partial charge in [0.2, 0.25) is 0 Å². The minimum Gasteiger partial charge on any atom is -0.329 e. The second-order valence-electron chi connectivity index (χ2n) is 7.31. The van der Waals surface area contributed by atoms with Crippen molar-refractivity contribution in [1.29, 1.82) is 0 Å². The molecule has 1 aromatic rings. The fourth-order valence-corrected chi connectivity index (χ4v) is 3.42. The van der Waals surface area contributed by atoms with E-state index in [1.165, 1.54) is 0 Å². The summed E-state index contributed by atoms with van der Waals surface area (Å²) >= 11 is 0. The van der Waals surface area contributed by atoms with Gasteiger partial charge in [0, 0.05) is 39.3 Å². The zero-order valence-electron chi connectivity index (χ0n) is 17.6. The maximum absolute atomic E-state index is 5.80. The van der Waals surface area contributed by atoms with Gasteiger partial charge in [-0.25, -0.2) is 4.98 Å². The Hall–Kier alpha value is -1.67. The summed E-state index contributed by atoms with van der Waals surface area (Å²) < 4.78 is 0. The van der Waals surface area contributed by atoms with Crippen LogP contribution in [0.1, 0.15) is 38.1 Å². The smallest absolute Gasteiger partial charge is 0.0845 e. The third-order valence-corrected chi connectivity index (χ3v) is 5.11. The van der Waals surface area contributed by atoms with E-state index in [-0.39, 0.29) is 0 Å². The summed E-state index contributed by atoms with van der Waals surface area (Å²) in [6.45, 7) is 12.8. The minimum atomic E-state index is 0.683. The number of hydrogen-bond donors (Lipinski definition) is 2. The van der Waals surface area contributed by atoms with E-state index in [0.717, 1.165) is 88.0 Å². The average molecular weight is 388 g/mol. The van der Waals surface area contributed by atoms with Gasteiger partial charge in [-0.3, -0.25) is 9.98 Å². The quantitative estimate of drug-likeness (QED) is 0.804. The average Bonchev–Trinajstić information content (AvgIpc) is 2.70. The summed E-state index contributed by atoms with van der Waals surface area (Å²) in [4.78, 5) is 19.1. The summed E-state index contributed by atoms with van der Waals surface area (Å²) in [5.74, 6) is 0. The number of aromatic nitrogens is 1. The maximum atomic E-state index is 5.80. The predicted molar refractivity (Wildman–Crippen MR) is 119 cm³/mol. The fourth-order valence-electron chi connectivity index (χ4n) is 3.42. The first-order valence-corrected chi connectivity index (χ1v) is 10.5. The van der Waals surface area contributed by atoms with Crippen molar-refractivity contribution in [3.05, 3.63) is 29.6 Å². The van der Waals surface area contributed by atoms with Gasteiger partial charge < -0.3 is 21.3 Å². The molecule has 0 unspecified atom stereocenters. The van der Waals surface area contributed by atoms with Crippen LogP contribution in [-0.2, 0) is 0 Å². The molecule has 7 nitrogen and oxygen atoms in total. The van der Waals surface area contributed by atoms with Crippen LogP contribution < -0.4 is 11.5 Å². The zero-order valence-corrected chi connectivity index (χ0v) is 17.6. The van der Waals surface area contributed by atoms with Crippen LogP contribution in [0.4, 0.5) is 0 Å². The number of fused-ring (bicyclic) bond motifs is 2. The largest absolute Gasteiger partial charge is 0.329 e. The highest BCUT2D eigenvalue weighted by atomic mass is 15.1. The summed E-state index contributed by atoms with van der Waals surface area (Å²) in [5, 5.41) is 0. The van der Waals surface area contributed by atoms with Crippen LogP contribution in [0.15, 0.2) is 28.2 Å². The van der Waals surface area contributed by atoms with Crippen molar-refractivity contribution in [3.8, 4) is 0 Å². The minimum absolute atomic E-state index is 0.683. The van der Waals surface area contributed by atoms with Gasteiger partial charge in [-0.2, -0.15) is 0 Å². The number of nitrogens with zero attached hydrogens (tertiary/aromatic N) is 5. The molecule has 28 heavy (non-hydrogen) atoms. The summed E-state index contributed by atoms with van der Waals surface area (Å²) in [6.07, 6.45) is 2.32. The second-order valence-corrected chi connectivity index (χ2v) is 7.31. The molecule has 0 saturated carbocycles. The van der Waals surface area contributed by atoms with Gasteiger partial charge in [-0.15, -0.1) is 0 Å². The SMILES string of the molecule is CC1=NCCN(CCN)CCCCN(CCN)CCN=C(C)c2cccc1n2. The van der Waals surface area contributed by atoms with Crippen molar-refractivity contribution in [2.75, 3.05) is 65.4 Å². The van der Waals surface area contributed by atoms with Crippen LogP contribution in [0.25, 0.3) is 0 Å². The molecule has 4 N–H and O–H groups in total. The normalized spacial score (nSPS) is 19.0. The lowest BCUT2D eigenvalue weighted by atomic mass is 10.2. The molecule has 0 spiro atoms. The van der Waals surface area contributed by atoms with Crippen molar-refractivity contribution in [1.82, 2.24) is 14.8 Å². The molecule has 2 rings (SSSR count). The second kappa shape index (κ2) is 12.7. The van der Waals surface area contributed by atoms with Crippen LogP contribution in [0.2, 0.25) is 0 Å². The Morgan fingerprint density at radius 1 is 0.786 bits per heavy atom. The fraction of sp³-hybridized carbons (Fsp3) is 0.667. The van der Waals surface area contributed by atoms with Gasteiger partial charge in [0.05, 0.1) is 35.9 Å². The first-order valence-electron chi connectivity index (χ1n) is 10.5. The molecule has 0 amide bonds. The van der Waals surface area contributed by atoms with Crippen LogP contribution in [0.5, 0.6) is 0 Å². The van der Waals surface area contributed by atoms with Gasteiger partial charge in [0.15, 0.2) is 0 Å². The highest BCUT2D eigenvalue weighted by Crippen LogP contribution is 2.05. The van der Waals surface area contributed by atoms with E-state index in [4.69, 9.17) is 26.4 Å². The van der Waals surface area contributed by atoms with E-state index in [9.17, 15) is 0 Å². The van der Waals surface area contributed by atoms with Gasteiger partial charge in [-0.1, -0.05) is 6.07 Å². The summed E-state index contributed by atoms with van der Waals surface area (Å²) in [7, 11) is 0. The number of nitrogens with two attached hydrogens (primary N) is 2. The first kappa shape index (κ1) is 22.6. The molecule has 1 aromatic heterocycles. The summed E-state index contributed by atoms with van der Waals surface area (Å²) in [5.41, 5.74) is 15.4. The molecule has 0 fully saturated rings. The number of aliphatic imine (C=N–C) groups is 2. The van der Waals surface area contributed by atoms with Crippen molar-refractivity contribution in [2.45, 2.75) is 26.7 Å².